The van der Waals surface area contributed by atoms with Gasteiger partial charge < -0.3 is 15.1 Å². The summed E-state index contributed by atoms with van der Waals surface area (Å²) in [5.74, 6) is -7.23. The predicted molar refractivity (Wildman–Crippen MR) is 72.9 cm³/mol. The fourth-order valence-corrected chi connectivity index (χ4v) is 3.62. The minimum atomic E-state index is -4.42. The van der Waals surface area contributed by atoms with Gasteiger partial charge in [0.25, 0.3) is 0 Å². The van der Waals surface area contributed by atoms with Gasteiger partial charge in [-0.05, 0) is 12.0 Å². The second-order valence-electron chi connectivity index (χ2n) is 4.65. The zero-order chi connectivity index (χ0) is 16.0. The largest absolute Gasteiger partial charge is 0.481 e. The van der Waals surface area contributed by atoms with Crippen molar-refractivity contribution in [1.82, 2.24) is 0 Å². The van der Waals surface area contributed by atoms with E-state index in [2.05, 4.69) is 0 Å². The molecule has 0 saturated heterocycles. The quantitative estimate of drug-likeness (QED) is 0.634. The van der Waals surface area contributed by atoms with Crippen LogP contribution in [0.4, 0.5) is 4.39 Å². The SMILES string of the molecule is O=C(O)CCC(C(=O)O)C(F)P(=O)(O)Cc1ccccc1. The van der Waals surface area contributed by atoms with Crippen LogP contribution in [-0.2, 0) is 20.3 Å². The first-order chi connectivity index (χ1) is 9.74. The van der Waals surface area contributed by atoms with Crippen LogP contribution in [0.15, 0.2) is 30.3 Å². The molecule has 0 spiro atoms. The van der Waals surface area contributed by atoms with Gasteiger partial charge in [0.2, 0.25) is 7.37 Å². The van der Waals surface area contributed by atoms with Crippen LogP contribution in [0.5, 0.6) is 0 Å². The molecule has 0 aliphatic carbocycles. The summed E-state index contributed by atoms with van der Waals surface area (Å²) in [5.41, 5.74) is 0.411. The standard InChI is InChI=1S/C13H16FO6P/c14-12(10(13(17)18)6-7-11(15)16)21(19,20)8-9-4-2-1-3-5-9/h1-5,10,12H,6-8H2,(H,15,16)(H,17,18)(H,19,20). The van der Waals surface area contributed by atoms with Crippen LogP contribution in [0.2, 0.25) is 0 Å². The molecule has 1 rings (SSSR count). The molecule has 0 fully saturated rings. The van der Waals surface area contributed by atoms with Gasteiger partial charge in [0.1, 0.15) is 0 Å². The molecular weight excluding hydrogens is 302 g/mol. The molecule has 3 unspecified atom stereocenters. The second kappa shape index (κ2) is 7.33. The van der Waals surface area contributed by atoms with Crippen LogP contribution < -0.4 is 0 Å². The maximum Gasteiger partial charge on any atom is 0.310 e. The maximum absolute atomic E-state index is 14.1. The smallest absolute Gasteiger partial charge is 0.310 e. The number of carbonyl (C=O) groups is 2. The summed E-state index contributed by atoms with van der Waals surface area (Å²) in [7, 11) is -4.42. The minimum Gasteiger partial charge on any atom is -0.481 e. The number of rotatable bonds is 8. The van der Waals surface area contributed by atoms with E-state index < -0.39 is 50.1 Å². The molecule has 1 aromatic carbocycles. The lowest BCUT2D eigenvalue weighted by Gasteiger charge is -2.21. The average molecular weight is 318 g/mol. The van der Waals surface area contributed by atoms with E-state index in [0.29, 0.717) is 5.56 Å². The lowest BCUT2D eigenvalue weighted by atomic mass is 10.1. The minimum absolute atomic E-state index is 0.411. The molecule has 0 bridgehead atoms. The summed E-state index contributed by atoms with van der Waals surface area (Å²) in [6.45, 7) is 0. The van der Waals surface area contributed by atoms with Crippen molar-refractivity contribution >= 4 is 19.3 Å². The first-order valence-corrected chi connectivity index (χ1v) is 8.09. The van der Waals surface area contributed by atoms with E-state index in [-0.39, 0.29) is 0 Å². The van der Waals surface area contributed by atoms with E-state index in [1.165, 1.54) is 12.1 Å². The summed E-state index contributed by atoms with van der Waals surface area (Å²) in [5, 5.41) is 17.4. The van der Waals surface area contributed by atoms with E-state index >= 15 is 0 Å². The van der Waals surface area contributed by atoms with Crippen molar-refractivity contribution in [3.05, 3.63) is 35.9 Å². The topological polar surface area (TPSA) is 112 Å². The van der Waals surface area contributed by atoms with Gasteiger partial charge in [-0.15, -0.1) is 0 Å². The maximum atomic E-state index is 14.1. The molecule has 0 saturated carbocycles. The average Bonchev–Trinajstić information content (AvgIpc) is 2.38. The third kappa shape index (κ3) is 5.28. The van der Waals surface area contributed by atoms with Crippen molar-refractivity contribution in [1.29, 1.82) is 0 Å². The highest BCUT2D eigenvalue weighted by molar-refractivity contribution is 7.57. The Kier molecular flexibility index (Phi) is 6.05. The normalized spacial score (nSPS) is 16.7. The van der Waals surface area contributed by atoms with E-state index in [4.69, 9.17) is 10.2 Å². The first-order valence-electron chi connectivity index (χ1n) is 6.18. The monoisotopic (exact) mass is 318 g/mol. The van der Waals surface area contributed by atoms with Crippen LogP contribution in [0.1, 0.15) is 18.4 Å². The van der Waals surface area contributed by atoms with Gasteiger partial charge in [-0.1, -0.05) is 30.3 Å². The number of halogens is 1. The second-order valence-corrected chi connectivity index (χ2v) is 6.97. The Labute approximate surface area is 120 Å². The molecule has 0 radical (unpaired) electrons. The van der Waals surface area contributed by atoms with Crippen LogP contribution in [0.3, 0.4) is 0 Å². The highest BCUT2D eigenvalue weighted by Gasteiger charge is 2.41. The number of benzene rings is 1. The molecular formula is C13H16FO6P. The van der Waals surface area contributed by atoms with Gasteiger partial charge in [0, 0.05) is 6.42 Å². The molecule has 21 heavy (non-hydrogen) atoms. The number of alkyl halides is 1. The Morgan fingerprint density at radius 3 is 2.24 bits per heavy atom. The van der Waals surface area contributed by atoms with Crippen molar-refractivity contribution in [3.8, 4) is 0 Å². The highest BCUT2D eigenvalue weighted by Crippen LogP contribution is 2.53. The molecule has 0 aliphatic rings. The molecule has 116 valence electrons. The highest BCUT2D eigenvalue weighted by atomic mass is 31.2. The van der Waals surface area contributed by atoms with E-state index in [0.717, 1.165) is 0 Å². The lowest BCUT2D eigenvalue weighted by molar-refractivity contribution is -0.144. The van der Waals surface area contributed by atoms with Gasteiger partial charge in [0.05, 0.1) is 12.1 Å². The fourth-order valence-electron chi connectivity index (χ4n) is 1.87. The summed E-state index contributed by atoms with van der Waals surface area (Å²) >= 11 is 0. The Morgan fingerprint density at radius 2 is 1.76 bits per heavy atom. The molecule has 6 nitrogen and oxygen atoms in total. The van der Waals surface area contributed by atoms with Crippen LogP contribution >= 0.6 is 7.37 Å². The van der Waals surface area contributed by atoms with Crippen LogP contribution in [0, 0.1) is 5.92 Å². The summed E-state index contributed by atoms with van der Waals surface area (Å²) in [4.78, 5) is 31.2. The van der Waals surface area contributed by atoms with Crippen LogP contribution in [-0.4, -0.2) is 33.0 Å². The summed E-state index contributed by atoms with van der Waals surface area (Å²) in [6, 6.07) is 7.97. The van der Waals surface area contributed by atoms with Gasteiger partial charge in [-0.2, -0.15) is 0 Å². The number of hydrogen-bond donors (Lipinski definition) is 3. The fraction of sp³-hybridized carbons (Fsp3) is 0.385. The van der Waals surface area contributed by atoms with E-state index in [1.54, 1.807) is 18.2 Å². The first kappa shape index (κ1) is 17.3. The molecule has 3 N–H and O–H groups in total. The van der Waals surface area contributed by atoms with Crippen molar-refractivity contribution in [2.24, 2.45) is 5.92 Å². The van der Waals surface area contributed by atoms with Crippen molar-refractivity contribution in [3.63, 3.8) is 0 Å². The van der Waals surface area contributed by atoms with Crippen molar-refractivity contribution < 1.29 is 33.7 Å². The predicted octanol–water partition coefficient (Wildman–Crippen LogP) is 2.32. The van der Waals surface area contributed by atoms with Gasteiger partial charge >= 0.3 is 11.9 Å². The van der Waals surface area contributed by atoms with E-state index in [9.17, 15) is 23.4 Å². The molecule has 0 aliphatic heterocycles. The third-order valence-electron chi connectivity index (χ3n) is 2.96. The van der Waals surface area contributed by atoms with Gasteiger partial charge in [-0.3, -0.25) is 14.2 Å². The molecule has 8 heteroatoms. The van der Waals surface area contributed by atoms with Crippen LogP contribution in [0.25, 0.3) is 0 Å². The number of carboxylic acids is 2. The van der Waals surface area contributed by atoms with Crippen molar-refractivity contribution in [2.75, 3.05) is 0 Å². The Hall–Kier alpha value is -1.72. The third-order valence-corrected chi connectivity index (χ3v) is 4.90. The Balaban J connectivity index is 2.85. The molecule has 1 aromatic rings. The Morgan fingerprint density at radius 1 is 1.19 bits per heavy atom. The van der Waals surface area contributed by atoms with Gasteiger partial charge in [0.15, 0.2) is 5.91 Å². The number of carboxylic acid groups (broad SMARTS) is 2. The molecule has 0 heterocycles. The summed E-state index contributed by atoms with van der Waals surface area (Å²) in [6.07, 6.45) is -1.61. The zero-order valence-electron chi connectivity index (χ0n) is 11.1. The molecule has 0 amide bonds. The zero-order valence-corrected chi connectivity index (χ0v) is 11.9. The lowest BCUT2D eigenvalue weighted by Crippen LogP contribution is -2.26. The number of aliphatic carboxylic acids is 2. The Bertz CT molecular complexity index is 547. The molecule has 0 aromatic heterocycles. The van der Waals surface area contributed by atoms with Crippen molar-refractivity contribution in [2.45, 2.75) is 24.9 Å². The number of hydrogen-bond acceptors (Lipinski definition) is 3. The summed E-state index contributed by atoms with van der Waals surface area (Å²) < 4.78 is 26.2. The molecule has 3 atom stereocenters. The van der Waals surface area contributed by atoms with Gasteiger partial charge in [-0.25, -0.2) is 4.39 Å². The van der Waals surface area contributed by atoms with E-state index in [1.807, 2.05) is 0 Å².